The number of hydrogen-bond donors (Lipinski definition) is 3. The topological polar surface area (TPSA) is 94.2 Å². The van der Waals surface area contributed by atoms with Crippen LogP contribution in [-0.2, 0) is 0 Å². The van der Waals surface area contributed by atoms with E-state index < -0.39 is 0 Å². The molecule has 0 unspecified atom stereocenters. The summed E-state index contributed by atoms with van der Waals surface area (Å²) in [5.74, 6) is 0.395. The van der Waals surface area contributed by atoms with E-state index in [0.29, 0.717) is 11.5 Å². The third kappa shape index (κ3) is 1.97. The minimum atomic E-state index is 0.229. The van der Waals surface area contributed by atoms with Crippen molar-refractivity contribution in [3.8, 4) is 0 Å². The lowest BCUT2D eigenvalue weighted by Gasteiger charge is -2.33. The zero-order valence-corrected chi connectivity index (χ0v) is 8.69. The van der Waals surface area contributed by atoms with Crippen LogP contribution < -0.4 is 22.1 Å². The number of piperidine rings is 1. The minimum absolute atomic E-state index is 0.229. The molecule has 1 atom stereocenters. The number of nitrogens with zero attached hydrogens (tertiary/aromatic N) is 2. The third-order valence-corrected chi connectivity index (χ3v) is 2.80. The Morgan fingerprint density at radius 2 is 2.20 bits per heavy atom. The Labute approximate surface area is 89.2 Å². The summed E-state index contributed by atoms with van der Waals surface area (Å²) < 4.78 is 0. The van der Waals surface area contributed by atoms with Gasteiger partial charge in [0.15, 0.2) is 0 Å². The molecule has 2 heterocycles. The lowest BCUT2D eigenvalue weighted by Crippen LogP contribution is -2.43. The molecule has 15 heavy (non-hydrogen) atoms. The Morgan fingerprint density at radius 1 is 1.40 bits per heavy atom. The predicted octanol–water partition coefficient (Wildman–Crippen LogP) is 0.174. The molecule has 0 saturated carbocycles. The largest absolute Gasteiger partial charge is 0.394 e. The smallest absolute Gasteiger partial charge is 0.148 e. The van der Waals surface area contributed by atoms with E-state index in [9.17, 15) is 0 Å². The maximum atomic E-state index is 5.92. The van der Waals surface area contributed by atoms with Crippen LogP contribution in [0.5, 0.6) is 0 Å². The van der Waals surface area contributed by atoms with Crippen LogP contribution in [0.4, 0.5) is 17.2 Å². The molecule has 0 radical (unpaired) electrons. The van der Waals surface area contributed by atoms with Gasteiger partial charge in [-0.25, -0.2) is 4.98 Å². The lowest BCUT2D eigenvalue weighted by atomic mass is 10.1. The van der Waals surface area contributed by atoms with Gasteiger partial charge in [-0.1, -0.05) is 0 Å². The molecule has 0 bridgehead atoms. The lowest BCUT2D eigenvalue weighted by molar-refractivity contribution is 0.506. The van der Waals surface area contributed by atoms with Gasteiger partial charge in [-0.05, 0) is 18.9 Å². The summed E-state index contributed by atoms with van der Waals surface area (Å²) in [5, 5.41) is 0. The average molecular weight is 207 g/mol. The Bertz CT molecular complexity index is 352. The standard InChI is InChI=1S/C10H17N5/c11-7-2-1-5-15(6-7)8-3-4-14-10(13)9(8)12/h3-4,7H,1-2,5-6,11-12H2,(H2,13,14)/t7-/m1/s1. The fourth-order valence-corrected chi connectivity index (χ4v) is 1.98. The Balaban J connectivity index is 2.24. The SMILES string of the molecule is Nc1nccc(N2CCC[C@@H](N)C2)c1N. The normalized spacial score (nSPS) is 21.7. The van der Waals surface area contributed by atoms with Crippen molar-refractivity contribution in [2.45, 2.75) is 18.9 Å². The summed E-state index contributed by atoms with van der Waals surface area (Å²) >= 11 is 0. The number of nitrogens with two attached hydrogens (primary N) is 3. The fraction of sp³-hybridized carbons (Fsp3) is 0.500. The van der Waals surface area contributed by atoms with E-state index in [4.69, 9.17) is 17.2 Å². The van der Waals surface area contributed by atoms with Gasteiger partial charge in [0.25, 0.3) is 0 Å². The minimum Gasteiger partial charge on any atom is -0.394 e. The summed E-state index contributed by atoms with van der Waals surface area (Å²) in [6.45, 7) is 1.83. The molecule has 0 spiro atoms. The highest BCUT2D eigenvalue weighted by atomic mass is 15.2. The second-order valence-corrected chi connectivity index (χ2v) is 3.98. The quantitative estimate of drug-likeness (QED) is 0.610. The first-order chi connectivity index (χ1) is 7.18. The van der Waals surface area contributed by atoms with Crippen LogP contribution in [0.2, 0.25) is 0 Å². The van der Waals surface area contributed by atoms with Crippen molar-refractivity contribution in [3.63, 3.8) is 0 Å². The summed E-state index contributed by atoms with van der Waals surface area (Å²) in [6, 6.07) is 2.12. The van der Waals surface area contributed by atoms with Crippen LogP contribution in [0.25, 0.3) is 0 Å². The molecule has 5 heteroatoms. The molecule has 1 aliphatic rings. The molecule has 82 valence electrons. The molecule has 0 aliphatic carbocycles. The number of hydrogen-bond acceptors (Lipinski definition) is 5. The Kier molecular flexibility index (Phi) is 2.64. The number of aromatic nitrogens is 1. The first kappa shape index (κ1) is 10.0. The van der Waals surface area contributed by atoms with Gasteiger partial charge in [-0.2, -0.15) is 0 Å². The Hall–Kier alpha value is -1.49. The van der Waals surface area contributed by atoms with Crippen molar-refractivity contribution in [2.75, 3.05) is 29.5 Å². The van der Waals surface area contributed by atoms with E-state index in [1.54, 1.807) is 6.20 Å². The van der Waals surface area contributed by atoms with Crippen LogP contribution in [0.3, 0.4) is 0 Å². The summed E-state index contributed by atoms with van der Waals surface area (Å²) in [7, 11) is 0. The highest BCUT2D eigenvalue weighted by Gasteiger charge is 2.19. The molecule has 0 aromatic carbocycles. The van der Waals surface area contributed by atoms with Crippen molar-refractivity contribution in [1.29, 1.82) is 0 Å². The van der Waals surface area contributed by atoms with Crippen LogP contribution in [-0.4, -0.2) is 24.1 Å². The summed E-state index contributed by atoms with van der Waals surface area (Å²) in [4.78, 5) is 6.13. The highest BCUT2D eigenvalue weighted by Crippen LogP contribution is 2.28. The second kappa shape index (κ2) is 3.94. The molecule has 1 fully saturated rings. The van der Waals surface area contributed by atoms with Gasteiger partial charge in [-0.15, -0.1) is 0 Å². The van der Waals surface area contributed by atoms with Crippen LogP contribution in [0.15, 0.2) is 12.3 Å². The molecular formula is C10H17N5. The number of rotatable bonds is 1. The van der Waals surface area contributed by atoms with Crippen molar-refractivity contribution in [1.82, 2.24) is 4.98 Å². The molecule has 0 amide bonds. The number of nitrogen functional groups attached to an aromatic ring is 2. The van der Waals surface area contributed by atoms with Crippen LogP contribution in [0.1, 0.15) is 12.8 Å². The van der Waals surface area contributed by atoms with E-state index in [2.05, 4.69) is 9.88 Å². The van der Waals surface area contributed by atoms with Gasteiger partial charge >= 0.3 is 0 Å². The molecule has 1 aromatic rings. The molecule has 6 N–H and O–H groups in total. The molecule has 1 aromatic heterocycles. The van der Waals surface area contributed by atoms with E-state index >= 15 is 0 Å². The summed E-state index contributed by atoms with van der Waals surface area (Å²) in [5.41, 5.74) is 19.0. The highest BCUT2D eigenvalue weighted by molar-refractivity contribution is 5.76. The van der Waals surface area contributed by atoms with Crippen molar-refractivity contribution >= 4 is 17.2 Å². The van der Waals surface area contributed by atoms with Crippen molar-refractivity contribution in [3.05, 3.63) is 12.3 Å². The maximum absolute atomic E-state index is 5.92. The maximum Gasteiger partial charge on any atom is 0.148 e. The Morgan fingerprint density at radius 3 is 2.93 bits per heavy atom. The van der Waals surface area contributed by atoms with Crippen molar-refractivity contribution < 1.29 is 0 Å². The van der Waals surface area contributed by atoms with Gasteiger partial charge in [0.1, 0.15) is 5.82 Å². The molecular weight excluding hydrogens is 190 g/mol. The fourth-order valence-electron chi connectivity index (χ4n) is 1.98. The molecule has 1 aliphatic heterocycles. The molecule has 1 saturated heterocycles. The van der Waals surface area contributed by atoms with E-state index in [0.717, 1.165) is 31.6 Å². The number of anilines is 3. The van der Waals surface area contributed by atoms with Gasteiger partial charge in [0.05, 0.1) is 11.4 Å². The van der Waals surface area contributed by atoms with Gasteiger partial charge in [-0.3, -0.25) is 0 Å². The summed E-state index contributed by atoms with van der Waals surface area (Å²) in [6.07, 6.45) is 3.86. The monoisotopic (exact) mass is 207 g/mol. The van der Waals surface area contributed by atoms with E-state index in [-0.39, 0.29) is 6.04 Å². The molecule has 5 nitrogen and oxygen atoms in total. The van der Waals surface area contributed by atoms with Crippen LogP contribution in [0, 0.1) is 0 Å². The zero-order valence-electron chi connectivity index (χ0n) is 8.69. The predicted molar refractivity (Wildman–Crippen MR) is 62.5 cm³/mol. The van der Waals surface area contributed by atoms with E-state index in [1.165, 1.54) is 0 Å². The van der Waals surface area contributed by atoms with Gasteiger partial charge in [0, 0.05) is 25.3 Å². The van der Waals surface area contributed by atoms with Gasteiger partial charge < -0.3 is 22.1 Å². The average Bonchev–Trinajstić information content (AvgIpc) is 2.22. The molecule has 2 rings (SSSR count). The van der Waals surface area contributed by atoms with Gasteiger partial charge in [0.2, 0.25) is 0 Å². The first-order valence-corrected chi connectivity index (χ1v) is 5.19. The zero-order chi connectivity index (χ0) is 10.8. The van der Waals surface area contributed by atoms with E-state index in [1.807, 2.05) is 6.07 Å². The third-order valence-electron chi connectivity index (χ3n) is 2.80. The second-order valence-electron chi connectivity index (χ2n) is 3.98. The first-order valence-electron chi connectivity index (χ1n) is 5.19. The van der Waals surface area contributed by atoms with Crippen molar-refractivity contribution in [2.24, 2.45) is 5.73 Å². The number of pyridine rings is 1. The van der Waals surface area contributed by atoms with Crippen LogP contribution >= 0.6 is 0 Å².